The lowest BCUT2D eigenvalue weighted by molar-refractivity contribution is -0.116. The van der Waals surface area contributed by atoms with Gasteiger partial charge in [-0.1, -0.05) is 61.4 Å². The molecule has 0 spiro atoms. The number of hydrogen-bond acceptors (Lipinski definition) is 6. The van der Waals surface area contributed by atoms with Gasteiger partial charge >= 0.3 is 0 Å². The Morgan fingerprint density at radius 3 is 2.32 bits per heavy atom. The summed E-state index contributed by atoms with van der Waals surface area (Å²) in [5.74, 6) is -0.149. The second-order valence-electron chi connectivity index (χ2n) is 11.6. The number of aryl methyl sites for hydroxylation is 2. The molecule has 10 heteroatoms. The fourth-order valence-electron chi connectivity index (χ4n) is 5.74. The molecule has 0 aliphatic carbocycles. The maximum atomic E-state index is 13.2. The monoisotopic (exact) mass is 668 g/mol. The molecule has 240 valence electrons. The first-order valence-electron chi connectivity index (χ1n) is 16.5. The highest BCUT2D eigenvalue weighted by molar-refractivity contribution is 9.09. The lowest BCUT2D eigenvalue weighted by atomic mass is 10.0. The number of ether oxygens (including phenoxy) is 1. The Morgan fingerprint density at radius 2 is 1.66 bits per heavy atom. The number of carbonyl (C=O) groups is 2. The van der Waals surface area contributed by atoms with Crippen LogP contribution < -0.4 is 16.0 Å². The molecule has 2 aromatic heterocycles. The van der Waals surface area contributed by atoms with Gasteiger partial charge in [0.1, 0.15) is 0 Å². The van der Waals surface area contributed by atoms with Crippen molar-refractivity contribution < 1.29 is 14.3 Å². The van der Waals surface area contributed by atoms with E-state index in [-0.39, 0.29) is 11.8 Å². The number of aromatic nitrogens is 3. The number of fused-ring (bicyclic) bond motifs is 1. The summed E-state index contributed by atoms with van der Waals surface area (Å²) in [5, 5.41) is 16.5. The van der Waals surface area contributed by atoms with Crippen LogP contribution in [0.4, 0.5) is 11.4 Å². The molecular formula is C34H49BrN6O3. The number of nitrogens with zero attached hydrogens (tertiary/aromatic N) is 3. The molecule has 1 fully saturated rings. The molecule has 0 saturated carbocycles. The van der Waals surface area contributed by atoms with Crippen molar-refractivity contribution in [3.63, 3.8) is 0 Å². The zero-order valence-corrected chi connectivity index (χ0v) is 28.0. The first-order chi connectivity index (χ1) is 21.5. The highest BCUT2D eigenvalue weighted by atomic mass is 79.9. The quantitative estimate of drug-likeness (QED) is 0.0964. The topological polar surface area (TPSA) is 110 Å². The van der Waals surface area contributed by atoms with Crippen LogP contribution in [0.15, 0.2) is 30.5 Å². The number of hydrogen-bond donors (Lipinski definition) is 3. The zero-order valence-electron chi connectivity index (χ0n) is 26.4. The first-order valence-corrected chi connectivity index (χ1v) is 17.6. The summed E-state index contributed by atoms with van der Waals surface area (Å²) in [6.07, 6.45) is 14.5. The third-order valence-electron chi connectivity index (χ3n) is 8.32. The number of pyridine rings is 1. The number of amides is 2. The van der Waals surface area contributed by atoms with Gasteiger partial charge in [0.15, 0.2) is 5.65 Å². The molecule has 3 heterocycles. The molecule has 0 unspecified atom stereocenters. The Morgan fingerprint density at radius 1 is 0.977 bits per heavy atom. The van der Waals surface area contributed by atoms with Gasteiger partial charge in [-0.3, -0.25) is 9.59 Å². The van der Waals surface area contributed by atoms with Crippen LogP contribution >= 0.6 is 15.9 Å². The van der Waals surface area contributed by atoms with Crippen molar-refractivity contribution in [2.24, 2.45) is 0 Å². The number of alkyl halides is 1. The van der Waals surface area contributed by atoms with Gasteiger partial charge in [-0.05, 0) is 63.3 Å². The molecule has 3 N–H and O–H groups in total. The highest BCUT2D eigenvalue weighted by Gasteiger charge is 2.22. The van der Waals surface area contributed by atoms with Crippen molar-refractivity contribution in [2.45, 2.75) is 110 Å². The summed E-state index contributed by atoms with van der Waals surface area (Å²) in [5.41, 5.74) is 5.06. The van der Waals surface area contributed by atoms with Gasteiger partial charge in [0, 0.05) is 66.6 Å². The fourth-order valence-corrected chi connectivity index (χ4v) is 6.14. The molecule has 4 rings (SSSR count). The molecule has 0 atom stereocenters. The van der Waals surface area contributed by atoms with Crippen LogP contribution in [-0.2, 0) is 29.0 Å². The Bertz CT molecular complexity index is 1340. The Kier molecular flexibility index (Phi) is 13.9. The van der Waals surface area contributed by atoms with Crippen molar-refractivity contribution in [3.8, 4) is 0 Å². The van der Waals surface area contributed by atoms with E-state index in [4.69, 9.17) is 9.72 Å². The fraction of sp³-hybridized carbons (Fsp3) is 0.588. The molecule has 1 aromatic carbocycles. The summed E-state index contributed by atoms with van der Waals surface area (Å²) >= 11 is 3.48. The van der Waals surface area contributed by atoms with E-state index in [1.807, 2.05) is 10.9 Å². The van der Waals surface area contributed by atoms with Gasteiger partial charge < -0.3 is 20.7 Å². The summed E-state index contributed by atoms with van der Waals surface area (Å²) in [6, 6.07) is 7.40. The van der Waals surface area contributed by atoms with Crippen LogP contribution in [0.2, 0.25) is 0 Å². The predicted octanol–water partition coefficient (Wildman–Crippen LogP) is 7.38. The van der Waals surface area contributed by atoms with E-state index in [0.717, 1.165) is 85.2 Å². The lowest BCUT2D eigenvalue weighted by Gasteiger charge is -2.26. The molecular weight excluding hydrogens is 620 g/mol. The largest absolute Gasteiger partial charge is 0.381 e. The maximum Gasteiger partial charge on any atom is 0.251 e. The Hall–Kier alpha value is -2.98. The average Bonchev–Trinajstić information content (AvgIpc) is 3.47. The van der Waals surface area contributed by atoms with Crippen molar-refractivity contribution in [2.75, 3.05) is 29.2 Å². The van der Waals surface area contributed by atoms with Gasteiger partial charge in [-0.25, -0.2) is 9.67 Å². The van der Waals surface area contributed by atoms with E-state index in [0.29, 0.717) is 30.3 Å². The van der Waals surface area contributed by atoms with E-state index < -0.39 is 0 Å². The van der Waals surface area contributed by atoms with Crippen LogP contribution in [0, 0.1) is 0 Å². The smallest absolute Gasteiger partial charge is 0.251 e. The summed E-state index contributed by atoms with van der Waals surface area (Å²) in [4.78, 5) is 30.6. The summed E-state index contributed by atoms with van der Waals surface area (Å²) < 4.78 is 7.49. The van der Waals surface area contributed by atoms with E-state index in [1.54, 1.807) is 24.3 Å². The van der Waals surface area contributed by atoms with E-state index in [2.05, 4.69) is 50.8 Å². The SMILES string of the molecule is CCc1nc2c(cnn2CC)c(NC2CCOCC2)c1CNC(=O)c1ccc(NC(=O)CCCCCCCCCCBr)cc1. The molecule has 44 heavy (non-hydrogen) atoms. The van der Waals surface area contributed by atoms with Gasteiger partial charge in [0.05, 0.1) is 17.3 Å². The van der Waals surface area contributed by atoms with Crippen molar-refractivity contribution in [3.05, 3.63) is 47.3 Å². The van der Waals surface area contributed by atoms with Gasteiger partial charge in [-0.2, -0.15) is 5.10 Å². The zero-order chi connectivity index (χ0) is 31.1. The van der Waals surface area contributed by atoms with Crippen LogP contribution in [0.5, 0.6) is 0 Å². The number of nitrogens with one attached hydrogen (secondary N) is 3. The van der Waals surface area contributed by atoms with Crippen LogP contribution in [0.1, 0.15) is 106 Å². The second-order valence-corrected chi connectivity index (χ2v) is 12.4. The second kappa shape index (κ2) is 18.1. The molecule has 1 aliphatic heterocycles. The number of carbonyl (C=O) groups excluding carboxylic acids is 2. The summed E-state index contributed by atoms with van der Waals surface area (Å²) in [7, 11) is 0. The maximum absolute atomic E-state index is 13.2. The molecule has 2 amide bonds. The van der Waals surface area contributed by atoms with E-state index in [9.17, 15) is 9.59 Å². The van der Waals surface area contributed by atoms with Crippen molar-refractivity contribution in [1.29, 1.82) is 0 Å². The summed E-state index contributed by atoms with van der Waals surface area (Å²) in [6.45, 7) is 6.71. The Labute approximate surface area is 270 Å². The molecule has 9 nitrogen and oxygen atoms in total. The molecule has 0 bridgehead atoms. The van der Waals surface area contributed by atoms with Gasteiger partial charge in [0.2, 0.25) is 5.91 Å². The van der Waals surface area contributed by atoms with Crippen LogP contribution in [-0.4, -0.2) is 51.2 Å². The predicted molar refractivity (Wildman–Crippen MR) is 182 cm³/mol. The number of rotatable bonds is 18. The minimum atomic E-state index is -0.168. The number of benzene rings is 1. The Balaban J connectivity index is 1.32. The normalized spacial score (nSPS) is 13.7. The van der Waals surface area contributed by atoms with Crippen LogP contribution in [0.3, 0.4) is 0 Å². The minimum absolute atomic E-state index is 0.0189. The minimum Gasteiger partial charge on any atom is -0.381 e. The molecule has 1 aliphatic rings. The number of halogens is 1. The van der Waals surface area contributed by atoms with Crippen LogP contribution in [0.25, 0.3) is 11.0 Å². The van der Waals surface area contributed by atoms with Gasteiger partial charge in [-0.15, -0.1) is 0 Å². The molecule has 1 saturated heterocycles. The standard InChI is InChI=1S/C34H49BrN6O3/c1-3-30-28(32(39-27-18-21-44-22-19-27)29-24-37-41(4-2)33(29)40-30)23-36-34(43)25-14-16-26(17-15-25)38-31(42)13-11-9-7-5-6-8-10-12-20-35/h14-17,24,27H,3-13,18-23H2,1-2H3,(H,36,43)(H,38,42)(H,39,40). The van der Waals surface area contributed by atoms with Crippen molar-refractivity contribution in [1.82, 2.24) is 20.1 Å². The number of unbranched alkanes of at least 4 members (excludes halogenated alkanes) is 7. The third-order valence-corrected chi connectivity index (χ3v) is 8.88. The molecule has 0 radical (unpaired) electrons. The first kappa shape index (κ1) is 33.9. The highest BCUT2D eigenvalue weighted by Crippen LogP contribution is 2.31. The lowest BCUT2D eigenvalue weighted by Crippen LogP contribution is -2.30. The average molecular weight is 670 g/mol. The van der Waals surface area contributed by atoms with E-state index >= 15 is 0 Å². The number of anilines is 2. The third kappa shape index (κ3) is 9.76. The van der Waals surface area contributed by atoms with Gasteiger partial charge in [0.25, 0.3) is 5.91 Å². The molecule has 3 aromatic rings. The van der Waals surface area contributed by atoms with E-state index in [1.165, 1.54) is 38.5 Å². The van der Waals surface area contributed by atoms with Crippen molar-refractivity contribution >= 4 is 50.2 Å².